The smallest absolute Gasteiger partial charge is 0.322 e. The minimum Gasteiger partial charge on any atom is -0.480 e. The maximum absolute atomic E-state index is 12.7. The van der Waals surface area contributed by atoms with Crippen LogP contribution in [0, 0.1) is 0 Å². The van der Waals surface area contributed by atoms with E-state index in [1.807, 2.05) is 0 Å². The Kier molecular flexibility index (Phi) is 38.0. The number of ether oxygens (including phenoxy) is 1. The quantitative estimate of drug-likeness (QED) is 0.0378. The van der Waals surface area contributed by atoms with Gasteiger partial charge in [0.15, 0.2) is 0 Å². The number of carbonyl (C=O) groups is 3. The van der Waals surface area contributed by atoms with Crippen LogP contribution in [0.25, 0.3) is 0 Å². The molecule has 0 aliphatic heterocycles. The minimum atomic E-state index is -1.01. The van der Waals surface area contributed by atoms with Crippen molar-refractivity contribution in [1.29, 1.82) is 0 Å². The number of hydrogen-bond acceptors (Lipinski definition) is 4. The van der Waals surface area contributed by atoms with E-state index in [-0.39, 0.29) is 24.5 Å². The molecule has 0 aliphatic rings. The predicted octanol–water partition coefficient (Wildman–Crippen LogP) is 13.1. The fourth-order valence-electron chi connectivity index (χ4n) is 6.36. The number of esters is 1. The van der Waals surface area contributed by atoms with Gasteiger partial charge < -0.3 is 15.2 Å². The maximum Gasteiger partial charge on any atom is 0.322 e. The summed E-state index contributed by atoms with van der Waals surface area (Å²) in [7, 11) is 0. The number of nitrogens with one attached hydrogen (secondary N) is 1. The van der Waals surface area contributed by atoms with E-state index in [2.05, 4.69) is 43.5 Å². The Bertz CT molecular complexity index is 823. The molecule has 1 unspecified atom stereocenters. The topological polar surface area (TPSA) is 92.7 Å². The van der Waals surface area contributed by atoms with Crippen molar-refractivity contribution in [3.05, 3.63) is 24.3 Å². The zero-order chi connectivity index (χ0) is 36.6. The molecule has 1 amide bonds. The first-order valence-electron chi connectivity index (χ1n) is 21.5. The number of carboxylic acids is 1. The minimum absolute atomic E-state index is 0.0555. The van der Waals surface area contributed by atoms with Gasteiger partial charge in [-0.25, -0.2) is 0 Å². The van der Waals surface area contributed by atoms with Gasteiger partial charge >= 0.3 is 11.9 Å². The van der Waals surface area contributed by atoms with Gasteiger partial charge in [-0.05, 0) is 70.3 Å². The summed E-state index contributed by atoms with van der Waals surface area (Å²) in [5.41, 5.74) is 0. The lowest BCUT2D eigenvalue weighted by Crippen LogP contribution is -2.28. The molecule has 0 aromatic rings. The number of rotatable bonds is 39. The average Bonchev–Trinajstić information content (AvgIpc) is 3.10. The summed E-state index contributed by atoms with van der Waals surface area (Å²) in [5.74, 6) is -1.26. The monoisotopic (exact) mass is 704 g/mol. The molecule has 0 heterocycles. The molecule has 0 bridgehead atoms. The third kappa shape index (κ3) is 38.7. The largest absolute Gasteiger partial charge is 0.480 e. The number of unbranched alkanes of at least 4 members (excludes halogenated alkanes) is 26. The SMILES string of the molecule is CCCCCCCCC/C=C\CCCCCCCCCC(=O)OC(/C=C\CCCCCCCCC)CCCCCCCCC(=O)NCC(=O)O. The molecule has 0 fully saturated rings. The van der Waals surface area contributed by atoms with E-state index in [9.17, 15) is 14.4 Å². The van der Waals surface area contributed by atoms with Crippen LogP contribution in [0.4, 0.5) is 0 Å². The molecule has 6 heteroatoms. The van der Waals surface area contributed by atoms with E-state index in [0.717, 1.165) is 64.2 Å². The van der Waals surface area contributed by atoms with Crippen molar-refractivity contribution in [1.82, 2.24) is 5.32 Å². The van der Waals surface area contributed by atoms with Crippen LogP contribution >= 0.6 is 0 Å². The van der Waals surface area contributed by atoms with Gasteiger partial charge in [0.2, 0.25) is 5.91 Å². The van der Waals surface area contributed by atoms with E-state index in [1.54, 1.807) is 0 Å². The van der Waals surface area contributed by atoms with Crippen LogP contribution in [0.2, 0.25) is 0 Å². The molecular weight excluding hydrogens is 622 g/mol. The van der Waals surface area contributed by atoms with E-state index in [4.69, 9.17) is 9.84 Å². The summed E-state index contributed by atoms with van der Waals surface area (Å²) in [6, 6.07) is 0. The molecule has 0 aromatic carbocycles. The van der Waals surface area contributed by atoms with Crippen molar-refractivity contribution in [3.8, 4) is 0 Å². The molecule has 1 atom stereocenters. The summed E-state index contributed by atoms with van der Waals surface area (Å²) in [4.78, 5) is 34.9. The van der Waals surface area contributed by atoms with Gasteiger partial charge in [0.05, 0.1) is 0 Å². The van der Waals surface area contributed by atoms with Crippen molar-refractivity contribution in [2.24, 2.45) is 0 Å². The van der Waals surface area contributed by atoms with E-state index < -0.39 is 5.97 Å². The Hall–Kier alpha value is -2.11. The van der Waals surface area contributed by atoms with Gasteiger partial charge in [-0.1, -0.05) is 167 Å². The van der Waals surface area contributed by atoms with Gasteiger partial charge in [0.1, 0.15) is 12.6 Å². The number of allylic oxidation sites excluding steroid dienone is 3. The summed E-state index contributed by atoms with van der Waals surface area (Å²) < 4.78 is 5.95. The molecule has 2 N–H and O–H groups in total. The first-order chi connectivity index (χ1) is 24.5. The number of hydrogen-bond donors (Lipinski definition) is 2. The van der Waals surface area contributed by atoms with Crippen molar-refractivity contribution >= 4 is 17.8 Å². The lowest BCUT2D eigenvalue weighted by Gasteiger charge is -2.15. The molecule has 0 radical (unpaired) electrons. The summed E-state index contributed by atoms with van der Waals surface area (Å²) in [6.45, 7) is 4.22. The first-order valence-corrected chi connectivity index (χ1v) is 21.5. The third-order valence-electron chi connectivity index (χ3n) is 9.58. The molecule has 292 valence electrons. The average molecular weight is 704 g/mol. The van der Waals surface area contributed by atoms with Gasteiger partial charge in [-0.15, -0.1) is 0 Å². The summed E-state index contributed by atoms with van der Waals surface area (Å²) >= 11 is 0. The number of carboxylic acid groups (broad SMARTS) is 1. The number of amides is 1. The van der Waals surface area contributed by atoms with Crippen LogP contribution in [-0.2, 0) is 19.1 Å². The Balaban J connectivity index is 4.10. The zero-order valence-electron chi connectivity index (χ0n) is 33.0. The number of carbonyl (C=O) groups excluding carboxylic acids is 2. The van der Waals surface area contributed by atoms with Gasteiger partial charge in [-0.2, -0.15) is 0 Å². The lowest BCUT2D eigenvalue weighted by molar-refractivity contribution is -0.147. The maximum atomic E-state index is 12.7. The number of aliphatic carboxylic acids is 1. The first kappa shape index (κ1) is 47.9. The highest BCUT2D eigenvalue weighted by atomic mass is 16.5. The molecule has 50 heavy (non-hydrogen) atoms. The van der Waals surface area contributed by atoms with Crippen molar-refractivity contribution in [2.75, 3.05) is 6.54 Å². The Labute approximate surface area is 309 Å². The lowest BCUT2D eigenvalue weighted by atomic mass is 10.0. The molecule has 0 saturated carbocycles. The second kappa shape index (κ2) is 39.7. The Morgan fingerprint density at radius 2 is 0.920 bits per heavy atom. The Morgan fingerprint density at radius 1 is 0.520 bits per heavy atom. The highest BCUT2D eigenvalue weighted by molar-refractivity contribution is 5.80. The fraction of sp³-hybridized carbons (Fsp3) is 0.841. The summed E-state index contributed by atoms with van der Waals surface area (Å²) in [6.07, 6.45) is 47.5. The molecule has 0 rings (SSSR count). The molecule has 0 saturated heterocycles. The van der Waals surface area contributed by atoms with Crippen LogP contribution in [0.3, 0.4) is 0 Å². The highest BCUT2D eigenvalue weighted by Crippen LogP contribution is 2.16. The van der Waals surface area contributed by atoms with Crippen LogP contribution in [0.15, 0.2) is 24.3 Å². The second-order valence-corrected chi connectivity index (χ2v) is 14.6. The highest BCUT2D eigenvalue weighted by Gasteiger charge is 2.12. The van der Waals surface area contributed by atoms with Gasteiger partial charge in [-0.3, -0.25) is 14.4 Å². The zero-order valence-corrected chi connectivity index (χ0v) is 33.0. The molecular formula is C44H81NO5. The van der Waals surface area contributed by atoms with Gasteiger partial charge in [0.25, 0.3) is 0 Å². The standard InChI is InChI=1S/C44H81NO5/c1-3-5-7-9-11-13-14-15-16-17-18-19-20-21-23-25-31-35-39-44(49)50-41(36-32-28-24-22-12-10-8-6-4-2)37-33-29-26-27-30-34-38-42(46)45-40-43(47)48/h16-17,32,36,41H,3-15,18-31,33-35,37-40H2,1-2H3,(H,45,46)(H,47,48)/b17-16-,36-32-. The predicted molar refractivity (Wildman–Crippen MR) is 213 cm³/mol. The normalized spacial score (nSPS) is 12.2. The van der Waals surface area contributed by atoms with Crippen LogP contribution in [-0.4, -0.2) is 35.6 Å². The van der Waals surface area contributed by atoms with E-state index in [1.165, 1.54) is 135 Å². The van der Waals surface area contributed by atoms with E-state index in [0.29, 0.717) is 12.8 Å². The van der Waals surface area contributed by atoms with Crippen LogP contribution in [0.5, 0.6) is 0 Å². The third-order valence-corrected chi connectivity index (χ3v) is 9.58. The van der Waals surface area contributed by atoms with Crippen LogP contribution < -0.4 is 5.32 Å². The molecule has 0 aromatic heterocycles. The van der Waals surface area contributed by atoms with Crippen molar-refractivity contribution < 1.29 is 24.2 Å². The van der Waals surface area contributed by atoms with Crippen molar-refractivity contribution in [3.63, 3.8) is 0 Å². The summed E-state index contributed by atoms with van der Waals surface area (Å²) in [5, 5.41) is 11.1. The van der Waals surface area contributed by atoms with Crippen LogP contribution in [0.1, 0.15) is 226 Å². The molecule has 6 nitrogen and oxygen atoms in total. The van der Waals surface area contributed by atoms with Gasteiger partial charge in [0, 0.05) is 12.8 Å². The van der Waals surface area contributed by atoms with E-state index >= 15 is 0 Å². The van der Waals surface area contributed by atoms with Crippen molar-refractivity contribution in [2.45, 2.75) is 232 Å². The fourth-order valence-corrected chi connectivity index (χ4v) is 6.36. The molecule has 0 spiro atoms. The molecule has 0 aliphatic carbocycles. The Morgan fingerprint density at radius 3 is 1.40 bits per heavy atom. The second-order valence-electron chi connectivity index (χ2n) is 14.6.